The van der Waals surface area contributed by atoms with Crippen molar-refractivity contribution in [3.8, 4) is 11.3 Å². The molecule has 1 amide bonds. The van der Waals surface area contributed by atoms with Crippen LogP contribution in [0.5, 0.6) is 0 Å². The van der Waals surface area contributed by atoms with Gasteiger partial charge in [-0.05, 0) is 12.1 Å². The van der Waals surface area contributed by atoms with E-state index in [-0.39, 0.29) is 11.6 Å². The van der Waals surface area contributed by atoms with Gasteiger partial charge in [0, 0.05) is 32.5 Å². The quantitative estimate of drug-likeness (QED) is 0.716. The predicted molar refractivity (Wildman–Crippen MR) is 98.3 cm³/mol. The molecule has 25 heavy (non-hydrogen) atoms. The molecule has 0 aliphatic rings. The minimum atomic E-state index is -0.252. The van der Waals surface area contributed by atoms with Crippen LogP contribution >= 0.6 is 0 Å². The molecule has 0 atom stereocenters. The van der Waals surface area contributed by atoms with Crippen LogP contribution in [-0.4, -0.2) is 43.1 Å². The van der Waals surface area contributed by atoms with Crippen LogP contribution in [0.2, 0.25) is 0 Å². The summed E-state index contributed by atoms with van der Waals surface area (Å²) in [5.74, 6) is -0.252. The van der Waals surface area contributed by atoms with Gasteiger partial charge in [-0.15, -0.1) is 0 Å². The summed E-state index contributed by atoms with van der Waals surface area (Å²) in [6.07, 6.45) is 1.48. The molecule has 3 N–H and O–H groups in total. The first kappa shape index (κ1) is 18.5. The summed E-state index contributed by atoms with van der Waals surface area (Å²) < 4.78 is 5.10. The van der Waals surface area contributed by atoms with Gasteiger partial charge in [-0.2, -0.15) is 0 Å². The number of nitrogens with two attached hydrogens (primary N) is 1. The first-order valence-electron chi connectivity index (χ1n) is 8.08. The summed E-state index contributed by atoms with van der Waals surface area (Å²) in [5, 5.41) is 2.77. The molecule has 0 fully saturated rings. The van der Waals surface area contributed by atoms with E-state index in [1.54, 1.807) is 19.1 Å². The molecule has 1 aromatic carbocycles. The highest BCUT2D eigenvalue weighted by atomic mass is 16.5. The van der Waals surface area contributed by atoms with E-state index in [0.717, 1.165) is 17.0 Å². The number of ether oxygens (including phenoxy) is 1. The van der Waals surface area contributed by atoms with Crippen LogP contribution in [0.3, 0.4) is 0 Å². The molecular weight excluding hydrogens is 316 g/mol. The van der Waals surface area contributed by atoms with Crippen LogP contribution in [0.25, 0.3) is 11.3 Å². The number of hydrogen-bond acceptors (Lipinski definition) is 5. The molecule has 132 valence electrons. The third kappa shape index (κ3) is 5.32. The number of nitrogens with one attached hydrogen (secondary N) is 1. The van der Waals surface area contributed by atoms with E-state index >= 15 is 0 Å². The van der Waals surface area contributed by atoms with Crippen LogP contribution in [0, 0.1) is 0 Å². The second kappa shape index (κ2) is 9.44. The van der Waals surface area contributed by atoms with E-state index in [1.165, 1.54) is 6.20 Å². The third-order valence-electron chi connectivity index (χ3n) is 3.63. The molecule has 0 aliphatic carbocycles. The van der Waals surface area contributed by atoms with E-state index in [1.807, 2.05) is 48.5 Å². The van der Waals surface area contributed by atoms with Crippen molar-refractivity contribution in [2.45, 2.75) is 6.54 Å². The van der Waals surface area contributed by atoms with Crippen molar-refractivity contribution in [3.05, 3.63) is 66.1 Å². The lowest BCUT2D eigenvalue weighted by molar-refractivity contribution is -0.128. The first-order valence-corrected chi connectivity index (χ1v) is 8.08. The summed E-state index contributed by atoms with van der Waals surface area (Å²) in [6.45, 7) is 1.23. The molecule has 0 bridgehead atoms. The summed E-state index contributed by atoms with van der Waals surface area (Å²) in [7, 11) is 3.30. The van der Waals surface area contributed by atoms with Gasteiger partial charge in [0.25, 0.3) is 5.91 Å². The van der Waals surface area contributed by atoms with Crippen molar-refractivity contribution in [2.24, 2.45) is 5.73 Å². The van der Waals surface area contributed by atoms with Gasteiger partial charge >= 0.3 is 0 Å². The van der Waals surface area contributed by atoms with E-state index in [0.29, 0.717) is 19.7 Å². The van der Waals surface area contributed by atoms with Crippen molar-refractivity contribution in [2.75, 3.05) is 27.3 Å². The first-order chi connectivity index (χ1) is 12.2. The Morgan fingerprint density at radius 2 is 2.00 bits per heavy atom. The smallest absolute Gasteiger partial charge is 0.271 e. The maximum Gasteiger partial charge on any atom is 0.271 e. The number of methoxy groups -OCH3 is 1. The summed E-state index contributed by atoms with van der Waals surface area (Å²) >= 11 is 0. The summed E-state index contributed by atoms with van der Waals surface area (Å²) in [4.78, 5) is 18.8. The zero-order chi connectivity index (χ0) is 18.1. The largest absolute Gasteiger partial charge is 0.393 e. The lowest BCUT2D eigenvalue weighted by atomic mass is 10.1. The van der Waals surface area contributed by atoms with E-state index in [2.05, 4.69) is 10.3 Å². The number of aromatic nitrogens is 1. The molecular formula is C19H24N4O2. The zero-order valence-electron chi connectivity index (χ0n) is 14.6. The van der Waals surface area contributed by atoms with E-state index in [4.69, 9.17) is 10.5 Å². The van der Waals surface area contributed by atoms with Gasteiger partial charge in [-0.3, -0.25) is 9.78 Å². The second-order valence-corrected chi connectivity index (χ2v) is 5.49. The molecule has 0 spiro atoms. The molecule has 1 heterocycles. The third-order valence-corrected chi connectivity index (χ3v) is 3.63. The standard InChI is InChI=1S/C19H24N4O2/c1-21-13-17(20)19(24)23(11-12-25-2)14-16-9-6-10-18(22-16)15-7-4-3-5-8-15/h3-10,13,21H,11-12,14,20H2,1-2H3/b17-13-. The molecule has 2 rings (SSSR count). The van der Waals surface area contributed by atoms with Crippen molar-refractivity contribution in [3.63, 3.8) is 0 Å². The number of amides is 1. The highest BCUT2D eigenvalue weighted by Gasteiger charge is 2.17. The fraction of sp³-hybridized carbons (Fsp3) is 0.263. The van der Waals surface area contributed by atoms with Gasteiger partial charge < -0.3 is 20.7 Å². The van der Waals surface area contributed by atoms with Gasteiger partial charge in [0.1, 0.15) is 5.70 Å². The van der Waals surface area contributed by atoms with Crippen LogP contribution < -0.4 is 11.1 Å². The number of benzene rings is 1. The molecule has 6 heteroatoms. The van der Waals surface area contributed by atoms with E-state index in [9.17, 15) is 4.79 Å². The zero-order valence-corrected chi connectivity index (χ0v) is 14.6. The summed E-state index contributed by atoms with van der Waals surface area (Å²) in [6, 6.07) is 15.7. The Morgan fingerprint density at radius 3 is 2.68 bits per heavy atom. The van der Waals surface area contributed by atoms with Gasteiger partial charge in [-0.1, -0.05) is 36.4 Å². The normalized spacial score (nSPS) is 11.2. The van der Waals surface area contributed by atoms with Crippen molar-refractivity contribution < 1.29 is 9.53 Å². The average Bonchev–Trinajstić information content (AvgIpc) is 2.65. The summed E-state index contributed by atoms with van der Waals surface area (Å²) in [5.41, 5.74) is 8.67. The molecule has 0 saturated carbocycles. The second-order valence-electron chi connectivity index (χ2n) is 5.49. The number of pyridine rings is 1. The minimum Gasteiger partial charge on any atom is -0.393 e. The highest BCUT2D eigenvalue weighted by Crippen LogP contribution is 2.17. The molecule has 0 unspecified atom stereocenters. The topological polar surface area (TPSA) is 80.5 Å². The number of carbonyl (C=O) groups is 1. The molecule has 2 aromatic rings. The van der Waals surface area contributed by atoms with Gasteiger partial charge in [0.15, 0.2) is 0 Å². The molecule has 1 aromatic heterocycles. The Balaban J connectivity index is 2.20. The maximum atomic E-state index is 12.5. The van der Waals surface area contributed by atoms with Crippen molar-refractivity contribution in [1.82, 2.24) is 15.2 Å². The lowest BCUT2D eigenvalue weighted by Gasteiger charge is -2.22. The molecule has 0 radical (unpaired) electrons. The minimum absolute atomic E-state index is 0.151. The Morgan fingerprint density at radius 1 is 1.24 bits per heavy atom. The Hall–Kier alpha value is -2.86. The van der Waals surface area contributed by atoms with Crippen LogP contribution in [0.1, 0.15) is 5.69 Å². The molecule has 0 aliphatic heterocycles. The number of rotatable bonds is 8. The average molecular weight is 340 g/mol. The van der Waals surface area contributed by atoms with E-state index < -0.39 is 0 Å². The lowest BCUT2D eigenvalue weighted by Crippen LogP contribution is -2.37. The van der Waals surface area contributed by atoms with Crippen molar-refractivity contribution in [1.29, 1.82) is 0 Å². The van der Waals surface area contributed by atoms with Crippen LogP contribution in [-0.2, 0) is 16.1 Å². The van der Waals surface area contributed by atoms with Crippen LogP contribution in [0.4, 0.5) is 0 Å². The van der Waals surface area contributed by atoms with Gasteiger partial charge in [0.05, 0.1) is 24.5 Å². The van der Waals surface area contributed by atoms with Crippen molar-refractivity contribution >= 4 is 5.91 Å². The Labute approximate surface area is 148 Å². The van der Waals surface area contributed by atoms with Crippen LogP contribution in [0.15, 0.2) is 60.4 Å². The highest BCUT2D eigenvalue weighted by molar-refractivity contribution is 5.92. The van der Waals surface area contributed by atoms with Gasteiger partial charge in [-0.25, -0.2) is 0 Å². The Bertz CT molecular complexity index is 716. The predicted octanol–water partition coefficient (Wildman–Crippen LogP) is 1.74. The number of nitrogens with zero attached hydrogens (tertiary/aromatic N) is 2. The SMILES string of the molecule is CN/C=C(\N)C(=O)N(CCOC)Cc1cccc(-c2ccccc2)n1. The Kier molecular flexibility index (Phi) is 6.98. The fourth-order valence-electron chi connectivity index (χ4n) is 2.39. The van der Waals surface area contributed by atoms with Gasteiger partial charge in [0.2, 0.25) is 0 Å². The molecule has 6 nitrogen and oxygen atoms in total. The maximum absolute atomic E-state index is 12.5. The number of hydrogen-bond donors (Lipinski definition) is 2. The fourth-order valence-corrected chi connectivity index (χ4v) is 2.39. The molecule has 0 saturated heterocycles. The number of carbonyl (C=O) groups excluding carboxylic acids is 1. The monoisotopic (exact) mass is 340 g/mol.